The first-order valence-corrected chi connectivity index (χ1v) is 13.3. The van der Waals surface area contributed by atoms with E-state index in [0.717, 1.165) is 48.5 Å². The van der Waals surface area contributed by atoms with E-state index in [-0.39, 0.29) is 38.9 Å². The van der Waals surface area contributed by atoms with E-state index in [1.165, 1.54) is 11.1 Å². The third-order valence-corrected chi connectivity index (χ3v) is 8.07. The van der Waals surface area contributed by atoms with Gasteiger partial charge in [0.2, 0.25) is 0 Å². The molecule has 5 heterocycles. The number of anilines is 1. The third kappa shape index (κ3) is 5.27. The van der Waals surface area contributed by atoms with E-state index in [9.17, 15) is 9.50 Å². The predicted octanol–water partition coefficient (Wildman–Crippen LogP) is 2.66. The highest BCUT2D eigenvalue weighted by Crippen LogP contribution is 2.35. The molecule has 1 N–H and O–H groups in total. The van der Waals surface area contributed by atoms with Gasteiger partial charge in [-0.2, -0.15) is 18.6 Å². The second-order valence-corrected chi connectivity index (χ2v) is 10.5. The van der Waals surface area contributed by atoms with Gasteiger partial charge in [-0.15, -0.1) is 0 Å². The van der Waals surface area contributed by atoms with Gasteiger partial charge in [0, 0.05) is 24.5 Å². The zero-order chi connectivity index (χ0) is 25.5. The maximum Gasteiger partial charge on any atom is 0.159 e. The van der Waals surface area contributed by atoms with E-state index in [0.29, 0.717) is 38.0 Å². The normalized spacial score (nSPS) is 25.2. The lowest BCUT2D eigenvalue weighted by Crippen LogP contribution is -2.45. The second kappa shape index (κ2) is 11.4. The molecule has 206 valence electrons. The average molecular weight is 545 g/mol. The first-order valence-electron chi connectivity index (χ1n) is 13.3. The van der Waals surface area contributed by atoms with Crippen LogP contribution in [0.4, 0.5) is 10.2 Å². The molecule has 0 bridgehead atoms. The summed E-state index contributed by atoms with van der Waals surface area (Å²) in [5.41, 5.74) is 3.62. The highest BCUT2D eigenvalue weighted by atomic mass is 32.1. The molecule has 3 aliphatic rings. The van der Waals surface area contributed by atoms with Crippen LogP contribution >= 0.6 is 13.5 Å². The van der Waals surface area contributed by atoms with Gasteiger partial charge in [-0.05, 0) is 69.0 Å². The van der Waals surface area contributed by atoms with Gasteiger partial charge in [-0.25, -0.2) is 19.0 Å². The number of alkyl halides is 1. The van der Waals surface area contributed by atoms with Crippen molar-refractivity contribution in [3.63, 3.8) is 0 Å². The summed E-state index contributed by atoms with van der Waals surface area (Å²) < 4.78 is 27.1. The fraction of sp³-hybridized carbons (Fsp3) is 0.593. The van der Waals surface area contributed by atoms with Crippen molar-refractivity contribution in [2.45, 2.75) is 50.9 Å². The Balaban J connectivity index is 0.00000294. The fourth-order valence-corrected chi connectivity index (χ4v) is 6.06. The molecule has 11 heteroatoms. The van der Waals surface area contributed by atoms with Crippen molar-refractivity contribution in [2.24, 2.45) is 0 Å². The van der Waals surface area contributed by atoms with Gasteiger partial charge >= 0.3 is 0 Å². The third-order valence-electron chi connectivity index (χ3n) is 8.07. The maximum atomic E-state index is 14.2. The molecule has 3 fully saturated rings. The molecular weight excluding hydrogens is 507 g/mol. The van der Waals surface area contributed by atoms with Crippen molar-refractivity contribution in [1.82, 2.24) is 24.6 Å². The summed E-state index contributed by atoms with van der Waals surface area (Å²) >= 11 is 0. The van der Waals surface area contributed by atoms with E-state index in [4.69, 9.17) is 19.6 Å². The van der Waals surface area contributed by atoms with E-state index < -0.39 is 6.17 Å². The summed E-state index contributed by atoms with van der Waals surface area (Å²) in [6, 6.07) is 6.35. The fourth-order valence-electron chi connectivity index (χ4n) is 6.06. The van der Waals surface area contributed by atoms with Crippen LogP contribution in [0.5, 0.6) is 0 Å². The number of hydrogen-bond acceptors (Lipinski definition) is 8. The highest BCUT2D eigenvalue weighted by molar-refractivity contribution is 7.59. The van der Waals surface area contributed by atoms with E-state index in [1.54, 1.807) is 0 Å². The molecule has 1 aromatic carbocycles. The first kappa shape index (κ1) is 27.3. The van der Waals surface area contributed by atoms with Gasteiger partial charge in [0.15, 0.2) is 5.82 Å². The molecule has 0 saturated carbocycles. The molecule has 6 rings (SSSR count). The van der Waals surface area contributed by atoms with Crippen LogP contribution in [0.15, 0.2) is 24.4 Å². The summed E-state index contributed by atoms with van der Waals surface area (Å²) in [5, 5.41) is 15.3. The highest BCUT2D eigenvalue weighted by Gasteiger charge is 2.35. The number of halogens is 1. The van der Waals surface area contributed by atoms with Crippen LogP contribution in [0.2, 0.25) is 0 Å². The van der Waals surface area contributed by atoms with Crippen LogP contribution in [0.25, 0.3) is 16.7 Å². The Morgan fingerprint density at radius 3 is 2.58 bits per heavy atom. The van der Waals surface area contributed by atoms with Crippen molar-refractivity contribution in [3.05, 3.63) is 41.3 Å². The number of fused-ring (bicyclic) bond motifs is 1. The van der Waals surface area contributed by atoms with Crippen molar-refractivity contribution < 1.29 is 19.0 Å². The molecule has 0 amide bonds. The Labute approximate surface area is 229 Å². The summed E-state index contributed by atoms with van der Waals surface area (Å²) in [7, 11) is 0. The lowest BCUT2D eigenvalue weighted by molar-refractivity contribution is 0.00335. The standard InChI is InChI=1S/C27H35FN6O3.H2S/c1-17-9-20-12-29-34(27-11-26(30-18(2)31-27)33-7-8-37-21(13-33)14-35)24(20)10-22(17)19-3-5-32(6-4-19)25-16-36-15-23(25)28;/h9-12,19,21,23,25,35H,3-8,13-16H2,1-2H3;1H2/t21-,23?,25?;/m0./s1. The van der Waals surface area contributed by atoms with Gasteiger partial charge in [0.05, 0.1) is 50.3 Å². The molecule has 2 aromatic heterocycles. The first-order chi connectivity index (χ1) is 18.0. The van der Waals surface area contributed by atoms with Gasteiger partial charge in [-0.3, -0.25) is 4.90 Å². The molecule has 38 heavy (non-hydrogen) atoms. The smallest absolute Gasteiger partial charge is 0.159 e. The number of nitrogens with zero attached hydrogens (tertiary/aromatic N) is 6. The number of aryl methyl sites for hydroxylation is 2. The summed E-state index contributed by atoms with van der Waals surface area (Å²) in [6.07, 6.45) is 2.81. The van der Waals surface area contributed by atoms with Crippen molar-refractivity contribution in [3.8, 4) is 5.82 Å². The maximum absolute atomic E-state index is 14.2. The van der Waals surface area contributed by atoms with Crippen LogP contribution in [0, 0.1) is 13.8 Å². The van der Waals surface area contributed by atoms with Crippen LogP contribution in [-0.4, -0.2) is 101 Å². The summed E-state index contributed by atoms with van der Waals surface area (Å²) in [6.45, 7) is 8.40. The summed E-state index contributed by atoms with van der Waals surface area (Å²) in [4.78, 5) is 13.8. The monoisotopic (exact) mass is 544 g/mol. The van der Waals surface area contributed by atoms with E-state index >= 15 is 0 Å². The minimum Gasteiger partial charge on any atom is -0.394 e. The number of aromatic nitrogens is 4. The molecule has 0 spiro atoms. The largest absolute Gasteiger partial charge is 0.394 e. The minimum atomic E-state index is -0.878. The minimum absolute atomic E-state index is 0. The number of aliphatic hydroxyl groups is 1. The number of morpholine rings is 1. The Hall–Kier alpha value is -2.31. The average Bonchev–Trinajstić information content (AvgIpc) is 3.53. The van der Waals surface area contributed by atoms with Gasteiger partial charge in [0.1, 0.15) is 17.8 Å². The zero-order valence-electron chi connectivity index (χ0n) is 22.0. The number of ether oxygens (including phenoxy) is 2. The van der Waals surface area contributed by atoms with Crippen molar-refractivity contribution in [1.29, 1.82) is 0 Å². The number of piperidine rings is 1. The van der Waals surface area contributed by atoms with Crippen LogP contribution in [0.1, 0.15) is 35.7 Å². The Morgan fingerprint density at radius 2 is 1.84 bits per heavy atom. The van der Waals surface area contributed by atoms with Crippen LogP contribution in [-0.2, 0) is 9.47 Å². The lowest BCUT2D eigenvalue weighted by atomic mass is 9.85. The molecule has 3 atom stereocenters. The second-order valence-electron chi connectivity index (χ2n) is 10.5. The van der Waals surface area contributed by atoms with Crippen LogP contribution in [0.3, 0.4) is 0 Å². The molecule has 2 unspecified atom stereocenters. The van der Waals surface area contributed by atoms with Gasteiger partial charge in [0.25, 0.3) is 0 Å². The van der Waals surface area contributed by atoms with E-state index in [1.807, 2.05) is 23.9 Å². The van der Waals surface area contributed by atoms with Crippen molar-refractivity contribution in [2.75, 3.05) is 57.5 Å². The molecule has 0 aliphatic carbocycles. The molecule has 0 radical (unpaired) electrons. The molecular formula is C27H37FN6O3S. The van der Waals surface area contributed by atoms with Crippen molar-refractivity contribution >= 4 is 30.2 Å². The topological polar surface area (TPSA) is 88.8 Å². The Kier molecular flexibility index (Phi) is 8.20. The molecule has 9 nitrogen and oxygen atoms in total. The SMILES string of the molecule is Cc1nc(N2CCO[C@H](CO)C2)cc(-n2ncc3cc(C)c(C4CCN(C5COCC5F)CC4)cc32)n1.S. The zero-order valence-corrected chi connectivity index (χ0v) is 23.0. The Morgan fingerprint density at radius 1 is 1.05 bits per heavy atom. The van der Waals surface area contributed by atoms with Gasteiger partial charge in [-0.1, -0.05) is 0 Å². The number of rotatable bonds is 5. The number of aliphatic hydroxyl groups excluding tert-OH is 1. The number of hydrogen-bond donors (Lipinski definition) is 1. The van der Waals surface area contributed by atoms with Gasteiger partial charge < -0.3 is 19.5 Å². The lowest BCUT2D eigenvalue weighted by Gasteiger charge is -2.36. The quantitative estimate of drug-likeness (QED) is 0.525. The van der Waals surface area contributed by atoms with Crippen LogP contribution < -0.4 is 4.90 Å². The number of benzene rings is 1. The Bertz CT molecular complexity index is 1270. The molecule has 3 saturated heterocycles. The number of likely N-dealkylation sites (tertiary alicyclic amines) is 1. The molecule has 3 aromatic rings. The predicted molar refractivity (Wildman–Crippen MR) is 149 cm³/mol. The molecule has 3 aliphatic heterocycles. The van der Waals surface area contributed by atoms with E-state index in [2.05, 4.69) is 33.8 Å². The summed E-state index contributed by atoms with van der Waals surface area (Å²) in [5.74, 6) is 2.64.